The molecule has 7 heavy (non-hydrogen) atoms. The molecule has 0 aliphatic heterocycles. The van der Waals surface area contributed by atoms with E-state index in [0.29, 0.717) is 4.09 Å². The second kappa shape index (κ2) is 2.24. The average Bonchev–Trinajstić information content (AvgIpc) is 1.31. The van der Waals surface area contributed by atoms with Gasteiger partial charge in [0, 0.05) is 0 Å². The van der Waals surface area contributed by atoms with Crippen molar-refractivity contribution in [3.8, 4) is 0 Å². The molecule has 0 aromatic carbocycles. The molecule has 0 bridgehead atoms. The summed E-state index contributed by atoms with van der Waals surface area (Å²) < 4.78 is 0.500. The van der Waals surface area contributed by atoms with Crippen LogP contribution >= 0.6 is 0 Å². The maximum absolute atomic E-state index is 2.26. The number of hydrogen-bond donors (Lipinski definition) is 0. The predicted molar refractivity (Wildman–Crippen MR) is 34.6 cm³/mol. The Morgan fingerprint density at radius 3 is 1.43 bits per heavy atom. The summed E-state index contributed by atoms with van der Waals surface area (Å²) >= 11 is 2.26. The molecule has 0 spiro atoms. The molecular weight excluding hydrogens is 79.0 g/mol. The Labute approximate surface area is 55.9 Å². The van der Waals surface area contributed by atoms with Gasteiger partial charge in [-0.3, -0.25) is 0 Å². The van der Waals surface area contributed by atoms with Gasteiger partial charge in [-0.15, -0.1) is 0 Å². The molecule has 0 N–H and O–H groups in total. The van der Waals surface area contributed by atoms with Crippen LogP contribution in [-0.2, 0) is 0 Å². The van der Waals surface area contributed by atoms with Crippen molar-refractivity contribution in [3.63, 3.8) is 0 Å². The molecule has 0 aromatic heterocycles. The van der Waals surface area contributed by atoms with E-state index >= 15 is 0 Å². The van der Waals surface area contributed by atoms with E-state index in [1.807, 2.05) is 0 Å². The molecule has 0 aromatic rings. The molecule has 0 aliphatic carbocycles. The van der Waals surface area contributed by atoms with Crippen LogP contribution in [-0.4, -0.2) is 17.7 Å². The summed E-state index contributed by atoms with van der Waals surface area (Å²) in [6, 6.07) is 0. The zero-order valence-electron chi connectivity index (χ0n) is 6.08. The van der Waals surface area contributed by atoms with Crippen LogP contribution in [0.25, 0.3) is 0 Å². The Balaban J connectivity index is 3.54. The summed E-state index contributed by atoms with van der Waals surface area (Å²) in [7, 11) is 0. The summed E-state index contributed by atoms with van der Waals surface area (Å²) in [6.07, 6.45) is 0. The molecule has 0 saturated carbocycles. The number of rotatable bonds is 1. The molecule has 0 atom stereocenters. The fourth-order valence-corrected chi connectivity index (χ4v) is 0. The third kappa shape index (κ3) is 3.20. The molecule has 0 saturated heterocycles. The van der Waals surface area contributed by atoms with E-state index in [0.717, 1.165) is 5.92 Å². The van der Waals surface area contributed by atoms with Gasteiger partial charge in [-0.1, -0.05) is 0 Å². The Kier molecular flexibility index (Phi) is 2.44. The van der Waals surface area contributed by atoms with Gasteiger partial charge in [0.2, 0.25) is 0 Å². The molecule has 0 rings (SSSR count). The molecular formula is C6H13Li. The van der Waals surface area contributed by atoms with Gasteiger partial charge >= 0.3 is 55.4 Å². The van der Waals surface area contributed by atoms with Crippen molar-refractivity contribution < 1.29 is 0 Å². The van der Waals surface area contributed by atoms with Gasteiger partial charge in [0.1, 0.15) is 0 Å². The monoisotopic (exact) mass is 92.1 g/mol. The molecule has 0 fully saturated rings. The zero-order chi connectivity index (χ0) is 6.08. The molecule has 1 heteroatoms. The van der Waals surface area contributed by atoms with E-state index in [4.69, 9.17) is 0 Å². The molecule has 0 amide bonds. The summed E-state index contributed by atoms with van der Waals surface area (Å²) in [6.45, 7) is 9.02. The van der Waals surface area contributed by atoms with Gasteiger partial charge in [0.05, 0.1) is 0 Å². The van der Waals surface area contributed by atoms with Crippen molar-refractivity contribution in [2.24, 2.45) is 5.92 Å². The Morgan fingerprint density at radius 1 is 1.29 bits per heavy atom. The fourth-order valence-electron chi connectivity index (χ4n) is 0. The van der Waals surface area contributed by atoms with E-state index in [1.165, 1.54) is 0 Å². The van der Waals surface area contributed by atoms with Gasteiger partial charge in [-0.25, -0.2) is 0 Å². The summed E-state index contributed by atoms with van der Waals surface area (Å²) in [5, 5.41) is 0. The van der Waals surface area contributed by atoms with Gasteiger partial charge in [-0.05, 0) is 0 Å². The van der Waals surface area contributed by atoms with E-state index < -0.39 is 0 Å². The third-order valence-corrected chi connectivity index (χ3v) is 1.73. The minimum absolute atomic E-state index is 0.500. The van der Waals surface area contributed by atoms with Gasteiger partial charge in [0.15, 0.2) is 0 Å². The summed E-state index contributed by atoms with van der Waals surface area (Å²) in [5.74, 6) is 0.799. The SMILES string of the molecule is [Li][C](C)(C)C(C)C. The second-order valence-electron chi connectivity index (χ2n) is 3.52. The van der Waals surface area contributed by atoms with Crippen LogP contribution in [0.15, 0.2) is 0 Å². The molecule has 0 aliphatic rings. The normalized spacial score (nSPS) is 13.0. The first kappa shape index (κ1) is 7.60. The first-order chi connectivity index (χ1) is 2.94. The molecule has 0 heterocycles. The van der Waals surface area contributed by atoms with Crippen LogP contribution in [0.3, 0.4) is 0 Å². The fraction of sp³-hybridized carbons (Fsp3) is 1.00. The number of hydrogen-bond acceptors (Lipinski definition) is 0. The standard InChI is InChI=1S/C6H13.Li/c1-5(2)6(3)4;/h5H,1-4H3;. The van der Waals surface area contributed by atoms with Crippen LogP contribution < -0.4 is 0 Å². The first-order valence-electron chi connectivity index (χ1n) is 2.94. The zero-order valence-corrected chi connectivity index (χ0v) is 6.08. The van der Waals surface area contributed by atoms with E-state index in [1.54, 1.807) is 0 Å². The van der Waals surface area contributed by atoms with Crippen molar-refractivity contribution in [1.82, 2.24) is 0 Å². The van der Waals surface area contributed by atoms with E-state index in [-0.39, 0.29) is 0 Å². The van der Waals surface area contributed by atoms with Gasteiger partial charge < -0.3 is 0 Å². The summed E-state index contributed by atoms with van der Waals surface area (Å²) in [5.41, 5.74) is 0. The summed E-state index contributed by atoms with van der Waals surface area (Å²) in [4.78, 5) is 0. The Bertz CT molecular complexity index is 49.7. The van der Waals surface area contributed by atoms with E-state index in [2.05, 4.69) is 45.4 Å². The minimum atomic E-state index is 0.500. The molecule has 0 unspecified atom stereocenters. The van der Waals surface area contributed by atoms with Crippen molar-refractivity contribution in [2.45, 2.75) is 31.8 Å². The second-order valence-corrected chi connectivity index (χ2v) is 3.52. The predicted octanol–water partition coefficient (Wildman–Crippen LogP) is 2.01. The van der Waals surface area contributed by atoms with Crippen LogP contribution in [0.4, 0.5) is 0 Å². The Morgan fingerprint density at radius 2 is 1.43 bits per heavy atom. The van der Waals surface area contributed by atoms with Gasteiger partial charge in [-0.2, -0.15) is 0 Å². The topological polar surface area (TPSA) is 0 Å². The van der Waals surface area contributed by atoms with Crippen molar-refractivity contribution in [2.75, 3.05) is 0 Å². The van der Waals surface area contributed by atoms with Crippen LogP contribution in [0.5, 0.6) is 0 Å². The van der Waals surface area contributed by atoms with Crippen LogP contribution in [0, 0.1) is 5.92 Å². The van der Waals surface area contributed by atoms with E-state index in [9.17, 15) is 0 Å². The average molecular weight is 92.1 g/mol. The van der Waals surface area contributed by atoms with Gasteiger partial charge in [0.25, 0.3) is 0 Å². The van der Waals surface area contributed by atoms with Crippen molar-refractivity contribution in [1.29, 1.82) is 0 Å². The first-order valence-corrected chi connectivity index (χ1v) is 2.94. The van der Waals surface area contributed by atoms with Crippen LogP contribution in [0.1, 0.15) is 27.7 Å². The Hall–Kier alpha value is 0.597. The molecule has 38 valence electrons. The molecule has 0 nitrogen and oxygen atoms in total. The van der Waals surface area contributed by atoms with Crippen molar-refractivity contribution in [3.05, 3.63) is 0 Å². The quantitative estimate of drug-likeness (QED) is 0.434. The van der Waals surface area contributed by atoms with Crippen LogP contribution in [0.2, 0.25) is 4.09 Å². The van der Waals surface area contributed by atoms with Crippen molar-refractivity contribution >= 4 is 17.7 Å². The molecule has 0 radical (unpaired) electrons. The maximum atomic E-state index is 2.26. The third-order valence-electron chi connectivity index (χ3n) is 1.73.